The largest absolute Gasteiger partial charge is 0.472 e. The first kappa shape index (κ1) is 14.5. The molecule has 0 spiro atoms. The molecule has 3 rings (SSSR count). The van der Waals surface area contributed by atoms with Crippen molar-refractivity contribution in [1.29, 1.82) is 5.26 Å². The standard InChI is InChI=1S/C15H14N4O2S/c1-10-18-13(9-22-10)15(20)19-5-3-12(8-19)21-14-6-11(7-16)2-4-17-14/h2,4,6,9,12H,3,5,8H2,1H3. The Labute approximate surface area is 132 Å². The Kier molecular flexibility index (Phi) is 4.02. The van der Waals surface area contributed by atoms with Gasteiger partial charge < -0.3 is 9.64 Å². The number of carbonyl (C=O) groups is 1. The normalized spacial score (nSPS) is 17.3. The minimum Gasteiger partial charge on any atom is -0.472 e. The summed E-state index contributed by atoms with van der Waals surface area (Å²) in [6.45, 7) is 3.02. The zero-order chi connectivity index (χ0) is 15.5. The number of hydrogen-bond donors (Lipinski definition) is 0. The first-order valence-electron chi connectivity index (χ1n) is 6.90. The monoisotopic (exact) mass is 314 g/mol. The Morgan fingerprint density at radius 3 is 3.18 bits per heavy atom. The van der Waals surface area contributed by atoms with Crippen molar-refractivity contribution < 1.29 is 9.53 Å². The van der Waals surface area contributed by atoms with Gasteiger partial charge in [0.1, 0.15) is 11.8 Å². The van der Waals surface area contributed by atoms with Gasteiger partial charge in [0, 0.05) is 30.6 Å². The molecular weight excluding hydrogens is 300 g/mol. The molecule has 1 fully saturated rings. The van der Waals surface area contributed by atoms with E-state index in [9.17, 15) is 4.79 Å². The molecule has 0 aromatic carbocycles. The summed E-state index contributed by atoms with van der Waals surface area (Å²) < 4.78 is 5.77. The number of aryl methyl sites for hydroxylation is 1. The van der Waals surface area contributed by atoms with E-state index in [0.29, 0.717) is 30.2 Å². The summed E-state index contributed by atoms with van der Waals surface area (Å²) in [5.41, 5.74) is 1.00. The number of ether oxygens (including phenoxy) is 1. The molecule has 22 heavy (non-hydrogen) atoms. The van der Waals surface area contributed by atoms with Gasteiger partial charge in [0.05, 0.1) is 23.2 Å². The van der Waals surface area contributed by atoms with Crippen LogP contribution in [0.15, 0.2) is 23.7 Å². The van der Waals surface area contributed by atoms with Crippen LogP contribution in [-0.4, -0.2) is 40.0 Å². The quantitative estimate of drug-likeness (QED) is 0.866. The first-order valence-corrected chi connectivity index (χ1v) is 7.78. The topological polar surface area (TPSA) is 79.1 Å². The molecule has 0 bridgehead atoms. The number of carbonyl (C=O) groups excluding carboxylic acids is 1. The molecule has 7 heteroatoms. The predicted octanol–water partition coefficient (Wildman–Crippen LogP) is 2.01. The third-order valence-electron chi connectivity index (χ3n) is 3.42. The molecule has 1 amide bonds. The van der Waals surface area contributed by atoms with E-state index in [0.717, 1.165) is 11.4 Å². The van der Waals surface area contributed by atoms with Crippen LogP contribution in [0.2, 0.25) is 0 Å². The molecule has 1 atom stereocenters. The summed E-state index contributed by atoms with van der Waals surface area (Å²) in [6.07, 6.45) is 2.18. The SMILES string of the molecule is Cc1nc(C(=O)N2CCC(Oc3cc(C#N)ccn3)C2)cs1. The molecule has 2 aromatic heterocycles. The predicted molar refractivity (Wildman–Crippen MR) is 80.7 cm³/mol. The van der Waals surface area contributed by atoms with Gasteiger partial charge in [0.25, 0.3) is 5.91 Å². The van der Waals surface area contributed by atoms with Crippen LogP contribution in [0.3, 0.4) is 0 Å². The molecule has 2 aromatic rings. The number of hydrogen-bond acceptors (Lipinski definition) is 6. The maximum Gasteiger partial charge on any atom is 0.273 e. The number of nitriles is 1. The van der Waals surface area contributed by atoms with Crippen LogP contribution < -0.4 is 4.74 Å². The van der Waals surface area contributed by atoms with E-state index in [2.05, 4.69) is 16.0 Å². The molecule has 0 aliphatic carbocycles. The number of aromatic nitrogens is 2. The Morgan fingerprint density at radius 1 is 1.59 bits per heavy atom. The molecule has 0 radical (unpaired) electrons. The summed E-state index contributed by atoms with van der Waals surface area (Å²) in [4.78, 5) is 22.4. The summed E-state index contributed by atoms with van der Waals surface area (Å²) in [7, 11) is 0. The summed E-state index contributed by atoms with van der Waals surface area (Å²) in [5, 5.41) is 11.5. The Bertz CT molecular complexity index is 737. The van der Waals surface area contributed by atoms with Crippen LogP contribution in [0.4, 0.5) is 0 Å². The van der Waals surface area contributed by atoms with Crippen molar-refractivity contribution in [3.63, 3.8) is 0 Å². The Balaban J connectivity index is 1.62. The van der Waals surface area contributed by atoms with E-state index in [1.807, 2.05) is 6.92 Å². The highest BCUT2D eigenvalue weighted by Crippen LogP contribution is 2.19. The summed E-state index contributed by atoms with van der Waals surface area (Å²) >= 11 is 1.47. The molecule has 1 saturated heterocycles. The lowest BCUT2D eigenvalue weighted by molar-refractivity contribution is 0.0766. The highest BCUT2D eigenvalue weighted by Gasteiger charge is 2.29. The van der Waals surface area contributed by atoms with Gasteiger partial charge in [-0.2, -0.15) is 5.26 Å². The lowest BCUT2D eigenvalue weighted by Crippen LogP contribution is -2.31. The van der Waals surface area contributed by atoms with Crippen LogP contribution >= 0.6 is 11.3 Å². The van der Waals surface area contributed by atoms with E-state index >= 15 is 0 Å². The summed E-state index contributed by atoms with van der Waals surface area (Å²) in [5.74, 6) is 0.358. The van der Waals surface area contributed by atoms with E-state index in [1.165, 1.54) is 11.3 Å². The zero-order valence-electron chi connectivity index (χ0n) is 12.0. The third kappa shape index (κ3) is 3.07. The van der Waals surface area contributed by atoms with Gasteiger partial charge in [-0.25, -0.2) is 9.97 Å². The van der Waals surface area contributed by atoms with Gasteiger partial charge in [-0.15, -0.1) is 11.3 Å². The lowest BCUT2D eigenvalue weighted by Gasteiger charge is -2.15. The van der Waals surface area contributed by atoms with Crippen LogP contribution in [0, 0.1) is 18.3 Å². The van der Waals surface area contributed by atoms with Gasteiger partial charge in [0.15, 0.2) is 0 Å². The van der Waals surface area contributed by atoms with Crippen LogP contribution in [0.25, 0.3) is 0 Å². The van der Waals surface area contributed by atoms with Crippen molar-refractivity contribution in [2.24, 2.45) is 0 Å². The van der Waals surface area contributed by atoms with Crippen molar-refractivity contribution in [3.05, 3.63) is 40.0 Å². The van der Waals surface area contributed by atoms with Gasteiger partial charge >= 0.3 is 0 Å². The molecule has 0 saturated carbocycles. The van der Waals surface area contributed by atoms with Gasteiger partial charge in [-0.05, 0) is 13.0 Å². The highest BCUT2D eigenvalue weighted by molar-refractivity contribution is 7.09. The average Bonchev–Trinajstić information content (AvgIpc) is 3.16. The second-order valence-corrected chi connectivity index (χ2v) is 6.09. The maximum atomic E-state index is 12.3. The van der Waals surface area contributed by atoms with Crippen LogP contribution in [0.1, 0.15) is 27.5 Å². The average molecular weight is 314 g/mol. The van der Waals surface area contributed by atoms with Crippen molar-refractivity contribution in [2.45, 2.75) is 19.4 Å². The molecule has 1 aliphatic rings. The second kappa shape index (κ2) is 6.12. The van der Waals surface area contributed by atoms with Crippen molar-refractivity contribution >= 4 is 17.2 Å². The molecule has 1 aliphatic heterocycles. The number of thiazole rings is 1. The maximum absolute atomic E-state index is 12.3. The van der Waals surface area contributed by atoms with Crippen molar-refractivity contribution in [2.75, 3.05) is 13.1 Å². The smallest absolute Gasteiger partial charge is 0.273 e. The molecule has 3 heterocycles. The molecule has 6 nitrogen and oxygen atoms in total. The molecule has 0 N–H and O–H groups in total. The van der Waals surface area contributed by atoms with Crippen molar-refractivity contribution in [1.82, 2.24) is 14.9 Å². The number of nitrogens with zero attached hydrogens (tertiary/aromatic N) is 4. The fourth-order valence-corrected chi connectivity index (χ4v) is 2.93. The summed E-state index contributed by atoms with van der Waals surface area (Å²) in [6, 6.07) is 5.28. The van der Waals surface area contributed by atoms with E-state index < -0.39 is 0 Å². The molecule has 1 unspecified atom stereocenters. The third-order valence-corrected chi connectivity index (χ3v) is 4.20. The fourth-order valence-electron chi connectivity index (χ4n) is 2.35. The van der Waals surface area contributed by atoms with Crippen LogP contribution in [0.5, 0.6) is 5.88 Å². The van der Waals surface area contributed by atoms with E-state index in [-0.39, 0.29) is 12.0 Å². The van der Waals surface area contributed by atoms with E-state index in [1.54, 1.807) is 28.6 Å². The zero-order valence-corrected chi connectivity index (χ0v) is 12.8. The minimum absolute atomic E-state index is 0.0609. The Morgan fingerprint density at radius 2 is 2.45 bits per heavy atom. The number of rotatable bonds is 3. The lowest BCUT2D eigenvalue weighted by atomic mass is 10.3. The highest BCUT2D eigenvalue weighted by atomic mass is 32.1. The number of pyridine rings is 1. The van der Waals surface area contributed by atoms with Gasteiger partial charge in [0.2, 0.25) is 5.88 Å². The van der Waals surface area contributed by atoms with E-state index in [4.69, 9.17) is 10.00 Å². The number of likely N-dealkylation sites (tertiary alicyclic amines) is 1. The molecule has 112 valence electrons. The van der Waals surface area contributed by atoms with Crippen molar-refractivity contribution in [3.8, 4) is 11.9 Å². The fraction of sp³-hybridized carbons (Fsp3) is 0.333. The van der Waals surface area contributed by atoms with Gasteiger partial charge in [-0.3, -0.25) is 4.79 Å². The van der Waals surface area contributed by atoms with Gasteiger partial charge in [-0.1, -0.05) is 0 Å². The molecular formula is C15H14N4O2S. The first-order chi connectivity index (χ1) is 10.7. The van der Waals surface area contributed by atoms with Crippen LogP contribution in [-0.2, 0) is 0 Å². The number of amides is 1. The minimum atomic E-state index is -0.106. The second-order valence-electron chi connectivity index (χ2n) is 5.03. The Hall–Kier alpha value is -2.46.